The molecule has 2 heterocycles. The van der Waals surface area contributed by atoms with E-state index in [0.29, 0.717) is 18.9 Å². The third-order valence-corrected chi connectivity index (χ3v) is 7.63. The van der Waals surface area contributed by atoms with Crippen molar-refractivity contribution in [1.29, 1.82) is 0 Å². The molecule has 1 saturated carbocycles. The number of imidazole rings is 1. The lowest BCUT2D eigenvalue weighted by molar-refractivity contribution is -0.133. The van der Waals surface area contributed by atoms with Gasteiger partial charge in [0.1, 0.15) is 5.54 Å². The summed E-state index contributed by atoms with van der Waals surface area (Å²) in [6.07, 6.45) is 6.41. The number of hydrogen-bond acceptors (Lipinski definition) is 4. The van der Waals surface area contributed by atoms with E-state index in [1.54, 1.807) is 4.90 Å². The third-order valence-electron chi connectivity index (χ3n) is 6.35. The number of para-hydroxylation sites is 2. The number of carbonyl (C=O) groups is 2. The molecule has 2 aromatic rings. The van der Waals surface area contributed by atoms with Crippen molar-refractivity contribution in [2.75, 3.05) is 18.1 Å². The van der Waals surface area contributed by atoms with Gasteiger partial charge >= 0.3 is 0 Å². The summed E-state index contributed by atoms with van der Waals surface area (Å²) in [5, 5.41) is 3.25. The Morgan fingerprint density at radius 1 is 1.27 bits per heavy atom. The quantitative estimate of drug-likeness (QED) is 0.649. The lowest BCUT2D eigenvalue weighted by Gasteiger charge is -2.44. The normalized spacial score (nSPS) is 21.9. The van der Waals surface area contributed by atoms with Crippen LogP contribution in [0.1, 0.15) is 63.0 Å². The maximum absolute atomic E-state index is 13.5. The van der Waals surface area contributed by atoms with Crippen LogP contribution in [0.2, 0.25) is 0 Å². The Labute approximate surface area is 182 Å². The fourth-order valence-electron chi connectivity index (χ4n) is 4.66. The van der Waals surface area contributed by atoms with Crippen LogP contribution in [0.15, 0.2) is 24.3 Å². The smallest absolute Gasteiger partial charge is 0.290 e. The summed E-state index contributed by atoms with van der Waals surface area (Å²) < 4.78 is 1.94. The highest BCUT2D eigenvalue weighted by Gasteiger charge is 2.48. The van der Waals surface area contributed by atoms with Gasteiger partial charge in [-0.2, -0.15) is 11.8 Å². The molecule has 1 aliphatic carbocycles. The Balaban J connectivity index is 1.63. The molecule has 1 aromatic heterocycles. The van der Waals surface area contributed by atoms with Gasteiger partial charge in [-0.15, -0.1) is 0 Å². The van der Waals surface area contributed by atoms with E-state index in [-0.39, 0.29) is 17.9 Å². The number of benzene rings is 1. The van der Waals surface area contributed by atoms with E-state index >= 15 is 0 Å². The molecule has 2 aliphatic rings. The van der Waals surface area contributed by atoms with Crippen molar-refractivity contribution >= 4 is 34.6 Å². The Bertz CT molecular complexity index is 921. The summed E-state index contributed by atoms with van der Waals surface area (Å²) in [5.74, 6) is 2.40. The molecule has 7 heteroatoms. The van der Waals surface area contributed by atoms with E-state index in [1.165, 1.54) is 0 Å². The van der Waals surface area contributed by atoms with Gasteiger partial charge in [-0.05, 0) is 56.2 Å². The predicted octanol–water partition coefficient (Wildman–Crippen LogP) is 3.84. The van der Waals surface area contributed by atoms with Crippen molar-refractivity contribution in [3.8, 4) is 0 Å². The second-order valence-corrected chi connectivity index (χ2v) is 9.89. The molecule has 0 spiro atoms. The Morgan fingerprint density at radius 3 is 2.80 bits per heavy atom. The van der Waals surface area contributed by atoms with Gasteiger partial charge in [-0.25, -0.2) is 4.98 Å². The highest BCUT2D eigenvalue weighted by molar-refractivity contribution is 7.99. The Hall–Kier alpha value is -2.02. The van der Waals surface area contributed by atoms with E-state index in [0.717, 1.165) is 61.1 Å². The molecule has 1 aromatic carbocycles. The standard InChI is InChI=1S/C23H32N4O2S/c1-3-14-30-15-8-13-27-21(28)20-25-18-11-6-7-12-19(18)26(20)16-23(27,2)22(29)24-17-9-4-5-10-17/h6-7,11-12,17H,3-5,8-10,13-16H2,1-2H3,(H,24,29)/t23-/m0/s1. The molecule has 0 unspecified atom stereocenters. The van der Waals surface area contributed by atoms with Crippen LogP contribution in [0.25, 0.3) is 11.0 Å². The molecule has 4 rings (SSSR count). The van der Waals surface area contributed by atoms with Crippen molar-refractivity contribution in [2.45, 2.75) is 70.5 Å². The molecule has 1 N–H and O–H groups in total. The van der Waals surface area contributed by atoms with Crippen LogP contribution in [0, 0.1) is 0 Å². The molecule has 0 bridgehead atoms. The number of carbonyl (C=O) groups excluding carboxylic acids is 2. The van der Waals surface area contributed by atoms with Crippen LogP contribution >= 0.6 is 11.8 Å². The van der Waals surface area contributed by atoms with E-state index in [9.17, 15) is 9.59 Å². The van der Waals surface area contributed by atoms with E-state index < -0.39 is 5.54 Å². The van der Waals surface area contributed by atoms with Gasteiger partial charge < -0.3 is 14.8 Å². The van der Waals surface area contributed by atoms with Gasteiger partial charge in [0.25, 0.3) is 5.91 Å². The third kappa shape index (κ3) is 3.96. The number of fused-ring (bicyclic) bond motifs is 3. The van der Waals surface area contributed by atoms with Crippen LogP contribution in [-0.2, 0) is 11.3 Å². The summed E-state index contributed by atoms with van der Waals surface area (Å²) in [6, 6.07) is 8.02. The number of nitrogens with zero attached hydrogens (tertiary/aromatic N) is 3. The van der Waals surface area contributed by atoms with Crippen LogP contribution in [0.4, 0.5) is 0 Å². The van der Waals surface area contributed by atoms with Gasteiger partial charge in [-0.3, -0.25) is 9.59 Å². The molecule has 2 amide bonds. The van der Waals surface area contributed by atoms with Gasteiger partial charge in [-0.1, -0.05) is 31.9 Å². The first kappa shape index (κ1) is 21.2. The Kier molecular flexibility index (Phi) is 6.37. The van der Waals surface area contributed by atoms with E-state index in [1.807, 2.05) is 47.5 Å². The first-order valence-electron chi connectivity index (χ1n) is 11.2. The zero-order valence-electron chi connectivity index (χ0n) is 18.0. The van der Waals surface area contributed by atoms with Gasteiger partial charge in [0.05, 0.1) is 17.6 Å². The number of nitrogens with one attached hydrogen (secondary N) is 1. The summed E-state index contributed by atoms with van der Waals surface area (Å²) in [6.45, 7) is 5.12. The molecule has 1 atom stereocenters. The second kappa shape index (κ2) is 9.00. The van der Waals surface area contributed by atoms with Gasteiger partial charge in [0.2, 0.25) is 5.91 Å². The van der Waals surface area contributed by atoms with Crippen molar-refractivity contribution in [3.63, 3.8) is 0 Å². The molecule has 0 saturated heterocycles. The van der Waals surface area contributed by atoms with Crippen LogP contribution in [0.3, 0.4) is 0 Å². The minimum atomic E-state index is -0.911. The van der Waals surface area contributed by atoms with Crippen LogP contribution in [-0.4, -0.2) is 55.9 Å². The maximum atomic E-state index is 13.5. The largest absolute Gasteiger partial charge is 0.351 e. The summed E-state index contributed by atoms with van der Waals surface area (Å²) in [5.41, 5.74) is 0.810. The lowest BCUT2D eigenvalue weighted by Crippen LogP contribution is -2.65. The summed E-state index contributed by atoms with van der Waals surface area (Å²) in [7, 11) is 0. The number of rotatable bonds is 8. The summed E-state index contributed by atoms with van der Waals surface area (Å²) >= 11 is 1.91. The van der Waals surface area contributed by atoms with E-state index in [2.05, 4.69) is 17.2 Å². The fourth-order valence-corrected chi connectivity index (χ4v) is 5.49. The maximum Gasteiger partial charge on any atom is 0.290 e. The minimum Gasteiger partial charge on any atom is -0.351 e. The molecule has 0 radical (unpaired) electrons. The molecule has 1 aliphatic heterocycles. The predicted molar refractivity (Wildman–Crippen MR) is 122 cm³/mol. The molecule has 6 nitrogen and oxygen atoms in total. The van der Waals surface area contributed by atoms with E-state index in [4.69, 9.17) is 0 Å². The lowest BCUT2D eigenvalue weighted by atomic mass is 9.94. The number of aromatic nitrogens is 2. The number of hydrogen-bond donors (Lipinski definition) is 1. The highest BCUT2D eigenvalue weighted by Crippen LogP contribution is 2.31. The van der Waals surface area contributed by atoms with Gasteiger partial charge in [0.15, 0.2) is 5.82 Å². The first-order valence-corrected chi connectivity index (χ1v) is 12.4. The van der Waals surface area contributed by atoms with Gasteiger partial charge in [0, 0.05) is 12.6 Å². The van der Waals surface area contributed by atoms with Crippen molar-refractivity contribution in [1.82, 2.24) is 19.8 Å². The zero-order valence-corrected chi connectivity index (χ0v) is 18.8. The second-order valence-electron chi connectivity index (χ2n) is 8.66. The summed E-state index contributed by atoms with van der Waals surface area (Å²) in [4.78, 5) is 33.4. The zero-order chi connectivity index (χ0) is 21.1. The number of amides is 2. The first-order chi connectivity index (χ1) is 14.5. The van der Waals surface area contributed by atoms with Crippen LogP contribution in [0.5, 0.6) is 0 Å². The molecular weight excluding hydrogens is 396 g/mol. The Morgan fingerprint density at radius 2 is 2.03 bits per heavy atom. The monoisotopic (exact) mass is 428 g/mol. The SMILES string of the molecule is CCCSCCCN1C(=O)c2nc3ccccc3n2C[C@@]1(C)C(=O)NC1CCCC1. The number of thioether (sulfide) groups is 1. The van der Waals surface area contributed by atoms with Crippen molar-refractivity contribution in [3.05, 3.63) is 30.1 Å². The highest BCUT2D eigenvalue weighted by atomic mass is 32.2. The topological polar surface area (TPSA) is 67.2 Å². The molecule has 30 heavy (non-hydrogen) atoms. The average Bonchev–Trinajstić information content (AvgIpc) is 3.38. The van der Waals surface area contributed by atoms with Crippen LogP contribution < -0.4 is 5.32 Å². The molecular formula is C23H32N4O2S. The molecule has 1 fully saturated rings. The average molecular weight is 429 g/mol. The fraction of sp³-hybridized carbons (Fsp3) is 0.609. The minimum absolute atomic E-state index is 0.0348. The molecule has 162 valence electrons. The van der Waals surface area contributed by atoms with Crippen molar-refractivity contribution < 1.29 is 9.59 Å². The van der Waals surface area contributed by atoms with Crippen molar-refractivity contribution in [2.24, 2.45) is 0 Å².